The Kier molecular flexibility index (Phi) is 9.36. The zero-order valence-electron chi connectivity index (χ0n) is 19.5. The van der Waals surface area contributed by atoms with Crippen LogP contribution in [0.1, 0.15) is 59.7 Å². The van der Waals surface area contributed by atoms with Gasteiger partial charge in [-0.1, -0.05) is 32.6 Å². The molecule has 0 bridgehead atoms. The Balaban J connectivity index is 1.48. The van der Waals surface area contributed by atoms with E-state index >= 15 is 0 Å². The fourth-order valence-corrected chi connectivity index (χ4v) is 3.21. The minimum absolute atomic E-state index is 0.104. The summed E-state index contributed by atoms with van der Waals surface area (Å²) in [6.07, 6.45) is 5.83. The minimum atomic E-state index is -0.653. The predicted molar refractivity (Wildman–Crippen MR) is 130 cm³/mol. The summed E-state index contributed by atoms with van der Waals surface area (Å²) < 4.78 is 16.3. The summed E-state index contributed by atoms with van der Waals surface area (Å²) in [7, 11) is 0. The molecule has 35 heavy (non-hydrogen) atoms. The van der Waals surface area contributed by atoms with Gasteiger partial charge >= 0.3 is 11.9 Å². The molecule has 0 aliphatic carbocycles. The fraction of sp³-hybridized carbons (Fsp3) is 0.259. The quantitative estimate of drug-likeness (QED) is 0.0979. The highest BCUT2D eigenvalue weighted by Gasteiger charge is 2.13. The average Bonchev–Trinajstić information content (AvgIpc) is 2.87. The van der Waals surface area contributed by atoms with Crippen LogP contribution in [0.4, 0.5) is 5.69 Å². The molecule has 0 fully saturated rings. The van der Waals surface area contributed by atoms with E-state index in [0.717, 1.165) is 18.6 Å². The molecule has 8 heteroatoms. The molecule has 0 unspecified atom stereocenters. The highest BCUT2D eigenvalue weighted by molar-refractivity contribution is 5.94. The van der Waals surface area contributed by atoms with Crippen molar-refractivity contribution in [2.24, 2.45) is 0 Å². The molecule has 3 aromatic carbocycles. The lowest BCUT2D eigenvalue weighted by molar-refractivity contribution is -0.384. The van der Waals surface area contributed by atoms with Crippen LogP contribution in [0.2, 0.25) is 0 Å². The molecular formula is C27H27NO7. The fourth-order valence-electron chi connectivity index (χ4n) is 3.21. The van der Waals surface area contributed by atoms with Crippen LogP contribution in [-0.2, 0) is 0 Å². The number of nitro groups is 1. The third kappa shape index (κ3) is 7.96. The van der Waals surface area contributed by atoms with Crippen LogP contribution in [0.3, 0.4) is 0 Å². The Hall–Kier alpha value is -4.20. The molecule has 3 aromatic rings. The van der Waals surface area contributed by atoms with Crippen LogP contribution in [0.25, 0.3) is 0 Å². The molecular weight excluding hydrogens is 450 g/mol. The molecule has 0 saturated heterocycles. The van der Waals surface area contributed by atoms with E-state index in [1.165, 1.54) is 67.8 Å². The molecule has 0 radical (unpaired) electrons. The number of ether oxygens (including phenoxy) is 3. The molecule has 0 aromatic heterocycles. The topological polar surface area (TPSA) is 105 Å². The first-order valence-electron chi connectivity index (χ1n) is 11.5. The van der Waals surface area contributed by atoms with Gasteiger partial charge in [-0.15, -0.1) is 0 Å². The largest absolute Gasteiger partial charge is 0.494 e. The zero-order chi connectivity index (χ0) is 25.0. The van der Waals surface area contributed by atoms with Crippen LogP contribution in [0.5, 0.6) is 17.2 Å². The van der Waals surface area contributed by atoms with Gasteiger partial charge in [0.2, 0.25) is 0 Å². The van der Waals surface area contributed by atoms with Crippen molar-refractivity contribution in [1.82, 2.24) is 0 Å². The second-order valence-electron chi connectivity index (χ2n) is 7.84. The summed E-state index contributed by atoms with van der Waals surface area (Å²) in [6.45, 7) is 2.84. The van der Waals surface area contributed by atoms with E-state index in [2.05, 4.69) is 6.92 Å². The zero-order valence-corrected chi connectivity index (χ0v) is 19.5. The van der Waals surface area contributed by atoms with Crippen molar-refractivity contribution in [1.29, 1.82) is 0 Å². The van der Waals surface area contributed by atoms with Crippen molar-refractivity contribution in [3.05, 3.63) is 94.0 Å². The van der Waals surface area contributed by atoms with Gasteiger partial charge in [0, 0.05) is 12.1 Å². The summed E-state index contributed by atoms with van der Waals surface area (Å²) in [5.74, 6) is 0.0562. The maximum absolute atomic E-state index is 12.4. The molecule has 3 rings (SSSR count). The van der Waals surface area contributed by atoms with Crippen LogP contribution in [0, 0.1) is 10.1 Å². The van der Waals surface area contributed by atoms with Crippen molar-refractivity contribution >= 4 is 17.6 Å². The summed E-state index contributed by atoms with van der Waals surface area (Å²) in [4.78, 5) is 34.9. The lowest BCUT2D eigenvalue weighted by Crippen LogP contribution is -2.11. The van der Waals surface area contributed by atoms with E-state index in [9.17, 15) is 19.7 Å². The molecule has 0 spiro atoms. The number of non-ortho nitro benzene ring substituents is 1. The van der Waals surface area contributed by atoms with E-state index in [-0.39, 0.29) is 22.6 Å². The maximum Gasteiger partial charge on any atom is 0.343 e. The summed E-state index contributed by atoms with van der Waals surface area (Å²) in [6, 6.07) is 17.8. The molecule has 8 nitrogen and oxygen atoms in total. The predicted octanol–water partition coefficient (Wildman–Crippen LogP) is 6.38. The smallest absolute Gasteiger partial charge is 0.343 e. The third-order valence-electron chi connectivity index (χ3n) is 5.17. The van der Waals surface area contributed by atoms with E-state index in [1.54, 1.807) is 24.3 Å². The normalized spacial score (nSPS) is 10.4. The molecule has 0 atom stereocenters. The van der Waals surface area contributed by atoms with Crippen molar-refractivity contribution in [3.8, 4) is 17.2 Å². The van der Waals surface area contributed by atoms with Gasteiger partial charge < -0.3 is 14.2 Å². The number of carbonyl (C=O) groups is 2. The van der Waals surface area contributed by atoms with Gasteiger partial charge in [-0.2, -0.15) is 0 Å². The first kappa shape index (κ1) is 25.4. The van der Waals surface area contributed by atoms with Crippen molar-refractivity contribution in [3.63, 3.8) is 0 Å². The lowest BCUT2D eigenvalue weighted by atomic mass is 10.1. The second-order valence-corrected chi connectivity index (χ2v) is 7.84. The Morgan fingerprint density at radius 1 is 0.686 bits per heavy atom. The van der Waals surface area contributed by atoms with Gasteiger partial charge in [-0.3, -0.25) is 10.1 Å². The number of carbonyl (C=O) groups excluding carboxylic acids is 2. The number of benzene rings is 3. The van der Waals surface area contributed by atoms with Crippen molar-refractivity contribution in [2.45, 2.75) is 39.0 Å². The van der Waals surface area contributed by atoms with Gasteiger partial charge in [0.25, 0.3) is 5.69 Å². The van der Waals surface area contributed by atoms with E-state index in [4.69, 9.17) is 14.2 Å². The minimum Gasteiger partial charge on any atom is -0.494 e. The molecule has 0 aliphatic heterocycles. The number of esters is 2. The van der Waals surface area contributed by atoms with E-state index in [1.807, 2.05) is 0 Å². The monoisotopic (exact) mass is 477 g/mol. The van der Waals surface area contributed by atoms with E-state index < -0.39 is 16.9 Å². The van der Waals surface area contributed by atoms with Gasteiger partial charge in [-0.25, -0.2) is 9.59 Å². The number of hydrogen-bond acceptors (Lipinski definition) is 7. The summed E-state index contributed by atoms with van der Waals surface area (Å²) in [5.41, 5.74) is 0.382. The van der Waals surface area contributed by atoms with Crippen LogP contribution in [0.15, 0.2) is 72.8 Å². The average molecular weight is 478 g/mol. The number of unbranched alkanes of at least 4 members (excludes halogenated alkanes) is 4. The van der Waals surface area contributed by atoms with Crippen LogP contribution < -0.4 is 14.2 Å². The van der Waals surface area contributed by atoms with Crippen LogP contribution in [-0.4, -0.2) is 23.5 Å². The van der Waals surface area contributed by atoms with Crippen LogP contribution >= 0.6 is 0 Å². The van der Waals surface area contributed by atoms with Gasteiger partial charge in [0.1, 0.15) is 17.2 Å². The molecule has 0 N–H and O–H groups in total. The lowest BCUT2D eigenvalue weighted by Gasteiger charge is -2.08. The number of rotatable bonds is 12. The van der Waals surface area contributed by atoms with Crippen molar-refractivity contribution in [2.75, 3.05) is 6.61 Å². The number of hydrogen-bond donors (Lipinski definition) is 0. The molecule has 182 valence electrons. The van der Waals surface area contributed by atoms with Gasteiger partial charge in [0.05, 0.1) is 22.7 Å². The number of nitrogens with zero attached hydrogens (tertiary/aromatic N) is 1. The number of nitro benzene ring substituents is 1. The maximum atomic E-state index is 12.4. The first-order chi connectivity index (χ1) is 17.0. The molecule has 0 heterocycles. The Morgan fingerprint density at radius 2 is 1.14 bits per heavy atom. The summed E-state index contributed by atoms with van der Waals surface area (Å²) in [5, 5.41) is 10.7. The SMILES string of the molecule is CCCCCCCOc1ccc(OC(=O)c2ccc(C(=O)Oc3ccc([N+](=O)[O-])cc3)cc2)cc1. The Bertz CT molecular complexity index is 1120. The van der Waals surface area contributed by atoms with Gasteiger partial charge in [0.15, 0.2) is 0 Å². The Labute approximate surface area is 203 Å². The van der Waals surface area contributed by atoms with E-state index in [0.29, 0.717) is 12.4 Å². The first-order valence-corrected chi connectivity index (χ1v) is 11.5. The second kappa shape index (κ2) is 12.9. The molecule has 0 amide bonds. The van der Waals surface area contributed by atoms with Crippen molar-refractivity contribution < 1.29 is 28.7 Å². The Morgan fingerprint density at radius 3 is 1.63 bits per heavy atom. The third-order valence-corrected chi connectivity index (χ3v) is 5.17. The molecule has 0 saturated carbocycles. The highest BCUT2D eigenvalue weighted by atomic mass is 16.6. The molecule has 0 aliphatic rings. The highest BCUT2D eigenvalue weighted by Crippen LogP contribution is 2.21. The van der Waals surface area contributed by atoms with Gasteiger partial charge in [-0.05, 0) is 67.1 Å². The standard InChI is InChI=1S/C27H27NO7/c1-2-3-4-5-6-19-33-23-15-17-25(18-16-23)35-27(30)21-9-7-20(8-10-21)26(29)34-24-13-11-22(12-14-24)28(31)32/h7-18H,2-6,19H2,1H3. The summed E-state index contributed by atoms with van der Waals surface area (Å²) >= 11 is 0.